The van der Waals surface area contributed by atoms with Crippen LogP contribution in [0.2, 0.25) is 0 Å². The van der Waals surface area contributed by atoms with Gasteiger partial charge in [0, 0.05) is 18.8 Å². The number of nitrogens with zero attached hydrogens (tertiary/aromatic N) is 2. The molecule has 0 bridgehead atoms. The first-order valence-electron chi connectivity index (χ1n) is 7.40. The molecule has 0 amide bonds. The molecule has 4 nitrogen and oxygen atoms in total. The van der Waals surface area contributed by atoms with Gasteiger partial charge in [-0.05, 0) is 43.7 Å². The highest BCUT2D eigenvalue weighted by Crippen LogP contribution is 2.27. The average Bonchev–Trinajstić information content (AvgIpc) is 2.47. The molecule has 0 spiro atoms. The Morgan fingerprint density at radius 2 is 2.30 bits per heavy atom. The first kappa shape index (κ1) is 14.8. The molecule has 0 N–H and O–H groups in total. The number of hydrogen-bond donors (Lipinski definition) is 0. The van der Waals surface area contributed by atoms with Crippen molar-refractivity contribution in [3.8, 4) is 0 Å². The van der Waals surface area contributed by atoms with Gasteiger partial charge in [-0.1, -0.05) is 6.92 Å². The summed E-state index contributed by atoms with van der Waals surface area (Å²) in [5.74, 6) is -0.0377. The zero-order chi connectivity index (χ0) is 14.5. The van der Waals surface area contributed by atoms with Gasteiger partial charge >= 0.3 is 5.97 Å². The minimum Gasteiger partial charge on any atom is -0.469 e. The molecule has 2 atom stereocenters. The Balaban J connectivity index is 2.12. The van der Waals surface area contributed by atoms with Crippen LogP contribution in [0.3, 0.4) is 0 Å². The summed E-state index contributed by atoms with van der Waals surface area (Å²) >= 11 is 0. The number of ether oxygens (including phenoxy) is 1. The van der Waals surface area contributed by atoms with E-state index < -0.39 is 0 Å². The Labute approximate surface area is 121 Å². The average molecular weight is 276 g/mol. The highest BCUT2D eigenvalue weighted by Gasteiger charge is 2.20. The van der Waals surface area contributed by atoms with Gasteiger partial charge < -0.3 is 9.64 Å². The van der Waals surface area contributed by atoms with E-state index in [4.69, 9.17) is 4.74 Å². The molecule has 1 aromatic rings. The molecule has 1 aromatic heterocycles. The Morgan fingerprint density at radius 3 is 3.00 bits per heavy atom. The molecule has 0 aliphatic carbocycles. The second-order valence-corrected chi connectivity index (χ2v) is 5.70. The first-order valence-corrected chi connectivity index (χ1v) is 7.40. The molecule has 4 heteroatoms. The number of piperidine rings is 1. The lowest BCUT2D eigenvalue weighted by atomic mass is 9.98. The fourth-order valence-corrected chi connectivity index (χ4v) is 2.80. The molecule has 1 saturated heterocycles. The van der Waals surface area contributed by atoms with Gasteiger partial charge in [0.25, 0.3) is 0 Å². The standard InChI is InChI=1S/C16H24N2O2/c1-12(8-16(19)20-3)14-9-15(11-17-10-14)18-7-5-4-6-13(18)2/h9-13H,4-8H2,1-3H3/t12-,13+/m1/s1. The van der Waals surface area contributed by atoms with Gasteiger partial charge in [-0.15, -0.1) is 0 Å². The monoisotopic (exact) mass is 276 g/mol. The van der Waals surface area contributed by atoms with Crippen LogP contribution in [0, 0.1) is 0 Å². The molecular weight excluding hydrogens is 252 g/mol. The lowest BCUT2D eigenvalue weighted by Crippen LogP contribution is -2.37. The molecule has 1 aliphatic rings. The van der Waals surface area contributed by atoms with E-state index in [0.29, 0.717) is 12.5 Å². The molecule has 2 heterocycles. The maximum absolute atomic E-state index is 11.4. The van der Waals surface area contributed by atoms with Crippen LogP contribution in [0.25, 0.3) is 0 Å². The quantitative estimate of drug-likeness (QED) is 0.792. The van der Waals surface area contributed by atoms with E-state index >= 15 is 0 Å². The van der Waals surface area contributed by atoms with Gasteiger partial charge in [-0.3, -0.25) is 9.78 Å². The molecular formula is C16H24N2O2. The summed E-state index contributed by atoms with van der Waals surface area (Å²) in [7, 11) is 1.43. The number of carbonyl (C=O) groups is 1. The van der Waals surface area contributed by atoms with Gasteiger partial charge in [-0.2, -0.15) is 0 Å². The van der Waals surface area contributed by atoms with Gasteiger partial charge in [0.2, 0.25) is 0 Å². The lowest BCUT2D eigenvalue weighted by molar-refractivity contribution is -0.140. The molecule has 0 radical (unpaired) electrons. The fraction of sp³-hybridized carbons (Fsp3) is 0.625. The molecule has 0 unspecified atom stereocenters. The molecule has 1 fully saturated rings. The highest BCUT2D eigenvalue weighted by atomic mass is 16.5. The topological polar surface area (TPSA) is 42.4 Å². The van der Waals surface area contributed by atoms with E-state index in [1.807, 2.05) is 19.3 Å². The van der Waals surface area contributed by atoms with Crippen LogP contribution in [0.15, 0.2) is 18.5 Å². The van der Waals surface area contributed by atoms with Crippen LogP contribution in [0.4, 0.5) is 5.69 Å². The predicted octanol–water partition coefficient (Wildman–Crippen LogP) is 3.13. The lowest BCUT2D eigenvalue weighted by Gasteiger charge is -2.35. The number of esters is 1. The van der Waals surface area contributed by atoms with Crippen LogP contribution in [0.1, 0.15) is 51.0 Å². The second kappa shape index (κ2) is 6.73. The zero-order valence-corrected chi connectivity index (χ0v) is 12.6. The summed E-state index contributed by atoms with van der Waals surface area (Å²) in [6.45, 7) is 5.40. The van der Waals surface area contributed by atoms with Crippen molar-refractivity contribution in [3.05, 3.63) is 24.0 Å². The smallest absolute Gasteiger partial charge is 0.306 e. The SMILES string of the molecule is COC(=O)C[C@@H](C)c1cncc(N2CCCC[C@@H]2C)c1. The third-order valence-corrected chi connectivity index (χ3v) is 4.15. The maximum Gasteiger partial charge on any atom is 0.306 e. The Bertz CT molecular complexity index is 462. The van der Waals surface area contributed by atoms with Crippen LogP contribution in [0.5, 0.6) is 0 Å². The number of rotatable bonds is 4. The van der Waals surface area contributed by atoms with Crippen molar-refractivity contribution >= 4 is 11.7 Å². The van der Waals surface area contributed by atoms with E-state index in [1.54, 1.807) is 0 Å². The summed E-state index contributed by atoms with van der Waals surface area (Å²) in [5, 5.41) is 0. The molecule has 2 rings (SSSR count). The normalized spacial score (nSPS) is 20.6. The van der Waals surface area contributed by atoms with Crippen LogP contribution < -0.4 is 4.90 Å². The number of aromatic nitrogens is 1. The summed E-state index contributed by atoms with van der Waals surface area (Å²) in [6.07, 6.45) is 7.97. The summed E-state index contributed by atoms with van der Waals surface area (Å²) < 4.78 is 4.74. The largest absolute Gasteiger partial charge is 0.469 e. The summed E-state index contributed by atoms with van der Waals surface area (Å²) in [6, 6.07) is 2.74. The third kappa shape index (κ3) is 3.50. The van der Waals surface area contributed by atoms with Crippen molar-refractivity contribution in [2.45, 2.75) is 51.5 Å². The van der Waals surface area contributed by atoms with Crippen molar-refractivity contribution < 1.29 is 9.53 Å². The highest BCUT2D eigenvalue weighted by molar-refractivity contribution is 5.70. The second-order valence-electron chi connectivity index (χ2n) is 5.70. The van der Waals surface area contributed by atoms with E-state index in [9.17, 15) is 4.79 Å². The number of pyridine rings is 1. The van der Waals surface area contributed by atoms with Crippen molar-refractivity contribution in [1.29, 1.82) is 0 Å². The van der Waals surface area contributed by atoms with E-state index in [2.05, 4.69) is 22.9 Å². The number of carbonyl (C=O) groups excluding carboxylic acids is 1. The molecule has 0 saturated carbocycles. The Kier molecular flexibility index (Phi) is 4.99. The Hall–Kier alpha value is -1.58. The van der Waals surface area contributed by atoms with Gasteiger partial charge in [0.05, 0.1) is 25.4 Å². The van der Waals surface area contributed by atoms with Crippen LogP contribution in [-0.2, 0) is 9.53 Å². The fourth-order valence-electron chi connectivity index (χ4n) is 2.80. The van der Waals surface area contributed by atoms with Crippen LogP contribution >= 0.6 is 0 Å². The van der Waals surface area contributed by atoms with Gasteiger partial charge in [0.1, 0.15) is 0 Å². The van der Waals surface area contributed by atoms with E-state index in [1.165, 1.54) is 32.1 Å². The Morgan fingerprint density at radius 1 is 1.50 bits per heavy atom. The van der Waals surface area contributed by atoms with Crippen molar-refractivity contribution in [1.82, 2.24) is 4.98 Å². The molecule has 1 aliphatic heterocycles. The number of hydrogen-bond acceptors (Lipinski definition) is 4. The maximum atomic E-state index is 11.4. The number of anilines is 1. The zero-order valence-electron chi connectivity index (χ0n) is 12.6. The van der Waals surface area contributed by atoms with Crippen molar-refractivity contribution in [3.63, 3.8) is 0 Å². The van der Waals surface area contributed by atoms with Gasteiger partial charge in [0.15, 0.2) is 0 Å². The number of methoxy groups -OCH3 is 1. The predicted molar refractivity (Wildman–Crippen MR) is 79.9 cm³/mol. The molecule has 20 heavy (non-hydrogen) atoms. The molecule has 110 valence electrons. The van der Waals surface area contributed by atoms with E-state index in [-0.39, 0.29) is 11.9 Å². The summed E-state index contributed by atoms with van der Waals surface area (Å²) in [5.41, 5.74) is 2.28. The van der Waals surface area contributed by atoms with E-state index in [0.717, 1.165) is 12.1 Å². The third-order valence-electron chi connectivity index (χ3n) is 4.15. The molecule has 0 aromatic carbocycles. The van der Waals surface area contributed by atoms with Crippen molar-refractivity contribution in [2.75, 3.05) is 18.6 Å². The van der Waals surface area contributed by atoms with Crippen molar-refractivity contribution in [2.24, 2.45) is 0 Å². The van der Waals surface area contributed by atoms with Gasteiger partial charge in [-0.25, -0.2) is 0 Å². The van der Waals surface area contributed by atoms with Crippen LogP contribution in [-0.4, -0.2) is 30.6 Å². The minimum atomic E-state index is -0.172. The minimum absolute atomic E-state index is 0.134. The summed E-state index contributed by atoms with van der Waals surface area (Å²) in [4.78, 5) is 18.2. The first-order chi connectivity index (χ1) is 9.61.